The van der Waals surface area contributed by atoms with Crippen LogP contribution in [-0.2, 0) is 4.79 Å². The third-order valence-electron chi connectivity index (χ3n) is 3.73. The molecule has 0 saturated carbocycles. The van der Waals surface area contributed by atoms with Gasteiger partial charge in [0.25, 0.3) is 0 Å². The van der Waals surface area contributed by atoms with Crippen LogP contribution in [0, 0.1) is 0 Å². The van der Waals surface area contributed by atoms with Crippen LogP contribution in [0.25, 0.3) is 0 Å². The zero-order valence-electron chi connectivity index (χ0n) is 11.7. The van der Waals surface area contributed by atoms with Crippen molar-refractivity contribution in [1.29, 1.82) is 0 Å². The highest BCUT2D eigenvalue weighted by molar-refractivity contribution is 5.77. The fourth-order valence-electron chi connectivity index (χ4n) is 2.64. The van der Waals surface area contributed by atoms with E-state index in [1.165, 1.54) is 0 Å². The summed E-state index contributed by atoms with van der Waals surface area (Å²) >= 11 is 0. The zero-order chi connectivity index (χ0) is 15.2. The van der Waals surface area contributed by atoms with Crippen LogP contribution >= 0.6 is 0 Å². The first-order valence-corrected chi connectivity index (χ1v) is 7.06. The Hall–Kier alpha value is -2.08. The van der Waals surface area contributed by atoms with E-state index in [0.29, 0.717) is 6.54 Å². The van der Waals surface area contributed by atoms with Gasteiger partial charge in [-0.15, -0.1) is 0 Å². The molecular weight excluding hydrogens is 272 g/mol. The van der Waals surface area contributed by atoms with Gasteiger partial charge in [0.1, 0.15) is 0 Å². The average molecular weight is 292 g/mol. The SMILES string of the molecule is O=C(O)CC(NC(=O)N1CCCC1CO)c1ccccc1. The van der Waals surface area contributed by atoms with Gasteiger partial charge in [-0.2, -0.15) is 0 Å². The Balaban J connectivity index is 2.08. The Morgan fingerprint density at radius 2 is 2.05 bits per heavy atom. The van der Waals surface area contributed by atoms with Gasteiger partial charge in [-0.05, 0) is 18.4 Å². The van der Waals surface area contributed by atoms with Crippen LogP contribution in [0.5, 0.6) is 0 Å². The van der Waals surface area contributed by atoms with Crippen molar-refractivity contribution in [3.8, 4) is 0 Å². The van der Waals surface area contributed by atoms with Gasteiger partial charge in [0.15, 0.2) is 0 Å². The van der Waals surface area contributed by atoms with E-state index >= 15 is 0 Å². The van der Waals surface area contributed by atoms with E-state index < -0.39 is 12.0 Å². The molecule has 0 aliphatic carbocycles. The van der Waals surface area contributed by atoms with E-state index in [9.17, 15) is 14.7 Å². The van der Waals surface area contributed by atoms with E-state index in [2.05, 4.69) is 5.32 Å². The molecule has 2 unspecified atom stereocenters. The lowest BCUT2D eigenvalue weighted by Crippen LogP contribution is -2.45. The fraction of sp³-hybridized carbons (Fsp3) is 0.467. The van der Waals surface area contributed by atoms with Gasteiger partial charge >= 0.3 is 12.0 Å². The number of hydrogen-bond donors (Lipinski definition) is 3. The number of aliphatic hydroxyl groups excluding tert-OH is 1. The molecule has 1 aliphatic heterocycles. The highest BCUT2D eigenvalue weighted by Crippen LogP contribution is 2.20. The van der Waals surface area contributed by atoms with Gasteiger partial charge in [-0.25, -0.2) is 4.79 Å². The predicted molar refractivity (Wildman–Crippen MR) is 76.8 cm³/mol. The molecule has 0 spiro atoms. The van der Waals surface area contributed by atoms with E-state index in [4.69, 9.17) is 5.11 Å². The number of hydrogen-bond acceptors (Lipinski definition) is 3. The molecule has 114 valence electrons. The summed E-state index contributed by atoms with van der Waals surface area (Å²) in [5.74, 6) is -0.968. The van der Waals surface area contributed by atoms with Gasteiger partial charge in [0.05, 0.1) is 25.1 Å². The lowest BCUT2D eigenvalue weighted by atomic mass is 10.0. The number of nitrogens with one attached hydrogen (secondary N) is 1. The third-order valence-corrected chi connectivity index (χ3v) is 3.73. The van der Waals surface area contributed by atoms with Crippen molar-refractivity contribution in [2.45, 2.75) is 31.3 Å². The van der Waals surface area contributed by atoms with Crippen LogP contribution in [-0.4, -0.2) is 46.3 Å². The first-order valence-electron chi connectivity index (χ1n) is 7.06. The van der Waals surface area contributed by atoms with Crippen molar-refractivity contribution < 1.29 is 19.8 Å². The van der Waals surface area contributed by atoms with Crippen molar-refractivity contribution in [2.75, 3.05) is 13.2 Å². The summed E-state index contributed by atoms with van der Waals surface area (Å²) in [7, 11) is 0. The first-order chi connectivity index (χ1) is 10.1. The van der Waals surface area contributed by atoms with Crippen molar-refractivity contribution in [3.63, 3.8) is 0 Å². The largest absolute Gasteiger partial charge is 0.481 e. The minimum atomic E-state index is -0.968. The number of aliphatic hydroxyl groups is 1. The van der Waals surface area contributed by atoms with Gasteiger partial charge < -0.3 is 20.4 Å². The van der Waals surface area contributed by atoms with Gasteiger partial charge in [0, 0.05) is 6.54 Å². The van der Waals surface area contributed by atoms with Crippen LogP contribution in [0.1, 0.15) is 30.9 Å². The highest BCUT2D eigenvalue weighted by atomic mass is 16.4. The molecule has 1 aromatic carbocycles. The molecule has 6 heteroatoms. The van der Waals surface area contributed by atoms with E-state index in [-0.39, 0.29) is 25.1 Å². The number of carboxylic acid groups (broad SMARTS) is 1. The van der Waals surface area contributed by atoms with Gasteiger partial charge in [-0.1, -0.05) is 30.3 Å². The van der Waals surface area contributed by atoms with E-state index in [1.54, 1.807) is 17.0 Å². The summed E-state index contributed by atoms with van der Waals surface area (Å²) in [5.41, 5.74) is 0.757. The summed E-state index contributed by atoms with van der Waals surface area (Å²) < 4.78 is 0. The number of likely N-dealkylation sites (tertiary alicyclic amines) is 1. The lowest BCUT2D eigenvalue weighted by Gasteiger charge is -2.26. The number of aliphatic carboxylic acids is 1. The van der Waals surface area contributed by atoms with Gasteiger partial charge in [0.2, 0.25) is 0 Å². The maximum absolute atomic E-state index is 12.3. The molecule has 6 nitrogen and oxygen atoms in total. The second kappa shape index (κ2) is 7.08. The number of carbonyl (C=O) groups excluding carboxylic acids is 1. The Labute approximate surface area is 123 Å². The molecule has 2 amide bonds. The minimum Gasteiger partial charge on any atom is -0.481 e. The van der Waals surface area contributed by atoms with Crippen LogP contribution in [0.2, 0.25) is 0 Å². The predicted octanol–water partition coefficient (Wildman–Crippen LogP) is 1.37. The van der Waals surface area contributed by atoms with Crippen LogP contribution in [0.3, 0.4) is 0 Å². The molecule has 1 aromatic rings. The molecule has 0 radical (unpaired) electrons. The minimum absolute atomic E-state index is 0.0671. The summed E-state index contributed by atoms with van der Waals surface area (Å²) in [6.45, 7) is 0.522. The number of carboxylic acids is 1. The molecule has 3 N–H and O–H groups in total. The molecule has 1 fully saturated rings. The average Bonchev–Trinajstić information content (AvgIpc) is 2.95. The summed E-state index contributed by atoms with van der Waals surface area (Å²) in [6, 6.07) is 7.98. The van der Waals surface area contributed by atoms with Crippen LogP contribution in [0.4, 0.5) is 4.79 Å². The molecule has 1 heterocycles. The maximum atomic E-state index is 12.3. The number of benzene rings is 1. The Morgan fingerprint density at radius 3 is 2.67 bits per heavy atom. The lowest BCUT2D eigenvalue weighted by molar-refractivity contribution is -0.137. The Morgan fingerprint density at radius 1 is 1.33 bits per heavy atom. The number of nitrogens with zero attached hydrogens (tertiary/aromatic N) is 1. The van der Waals surface area contributed by atoms with Crippen molar-refractivity contribution in [3.05, 3.63) is 35.9 Å². The van der Waals surface area contributed by atoms with Crippen molar-refractivity contribution >= 4 is 12.0 Å². The molecule has 1 aliphatic rings. The van der Waals surface area contributed by atoms with Gasteiger partial charge in [-0.3, -0.25) is 4.79 Å². The number of carbonyl (C=O) groups is 2. The van der Waals surface area contributed by atoms with Crippen molar-refractivity contribution in [1.82, 2.24) is 10.2 Å². The smallest absolute Gasteiger partial charge is 0.318 e. The topological polar surface area (TPSA) is 89.9 Å². The molecule has 0 bridgehead atoms. The summed E-state index contributed by atoms with van der Waals surface area (Å²) in [5, 5.41) is 21.0. The number of rotatable bonds is 5. The number of urea groups is 1. The molecule has 2 rings (SSSR count). The first kappa shape index (κ1) is 15.3. The van der Waals surface area contributed by atoms with Crippen LogP contribution in [0.15, 0.2) is 30.3 Å². The third kappa shape index (κ3) is 3.95. The molecular formula is C15H20N2O4. The summed E-state index contributed by atoms with van der Waals surface area (Å²) in [6.07, 6.45) is 1.46. The second-order valence-corrected chi connectivity index (χ2v) is 5.18. The fourth-order valence-corrected chi connectivity index (χ4v) is 2.64. The van der Waals surface area contributed by atoms with Crippen molar-refractivity contribution in [2.24, 2.45) is 0 Å². The molecule has 2 atom stereocenters. The zero-order valence-corrected chi connectivity index (χ0v) is 11.7. The molecule has 0 aromatic heterocycles. The van der Waals surface area contributed by atoms with E-state index in [1.807, 2.05) is 18.2 Å². The quantitative estimate of drug-likeness (QED) is 0.764. The number of amides is 2. The Bertz CT molecular complexity index is 492. The highest BCUT2D eigenvalue weighted by Gasteiger charge is 2.30. The van der Waals surface area contributed by atoms with E-state index in [0.717, 1.165) is 18.4 Å². The molecule has 21 heavy (non-hydrogen) atoms. The van der Waals surface area contributed by atoms with Crippen LogP contribution < -0.4 is 5.32 Å². The Kier molecular flexibility index (Phi) is 5.16. The normalized spacial score (nSPS) is 19.3. The monoisotopic (exact) mass is 292 g/mol. The standard InChI is InChI=1S/C15H20N2O4/c18-10-12-7-4-8-17(12)15(21)16-13(9-14(19)20)11-5-2-1-3-6-11/h1-3,5-6,12-13,18H,4,7-10H2,(H,16,21)(H,19,20). The second-order valence-electron chi connectivity index (χ2n) is 5.18. The summed E-state index contributed by atoms with van der Waals surface area (Å²) in [4.78, 5) is 24.9. The maximum Gasteiger partial charge on any atom is 0.318 e. The molecule has 1 saturated heterocycles.